The predicted octanol–water partition coefficient (Wildman–Crippen LogP) is 3.97. The maximum atomic E-state index is 8.77. The molecule has 0 saturated heterocycles. The van der Waals surface area contributed by atoms with Gasteiger partial charge in [0.1, 0.15) is 0 Å². The van der Waals surface area contributed by atoms with Crippen molar-refractivity contribution in [2.24, 2.45) is 0 Å². The van der Waals surface area contributed by atoms with Crippen LogP contribution in [0.1, 0.15) is 31.7 Å². The van der Waals surface area contributed by atoms with E-state index in [4.69, 9.17) is 5.21 Å². The first kappa shape index (κ1) is 12.2. The Labute approximate surface area is 94.5 Å². The number of fused-ring (bicyclic) bond motifs is 1. The highest BCUT2D eigenvalue weighted by Gasteiger charge is 2.07. The van der Waals surface area contributed by atoms with E-state index in [1.54, 1.807) is 11.3 Å². The number of hydrogen-bond acceptors (Lipinski definition) is 3. The molecule has 0 bridgehead atoms. The Balaban J connectivity index is 0.000000531. The molecule has 0 spiro atoms. The van der Waals surface area contributed by atoms with Gasteiger partial charge in [0.15, 0.2) is 0 Å². The average Bonchev–Trinajstić information content (AvgIpc) is 2.74. The topological polar surface area (TPSA) is 32.3 Å². The van der Waals surface area contributed by atoms with Crippen LogP contribution >= 0.6 is 11.3 Å². The van der Waals surface area contributed by atoms with E-state index >= 15 is 0 Å². The molecule has 2 aromatic rings. The van der Waals surface area contributed by atoms with E-state index in [9.17, 15) is 0 Å². The van der Waals surface area contributed by atoms with Crippen molar-refractivity contribution in [3.8, 4) is 0 Å². The van der Waals surface area contributed by atoms with Crippen LogP contribution in [0, 0.1) is 0 Å². The third-order valence-electron chi connectivity index (χ3n) is 2.07. The van der Waals surface area contributed by atoms with Gasteiger partial charge in [0, 0.05) is 9.58 Å². The van der Waals surface area contributed by atoms with Crippen molar-refractivity contribution in [2.45, 2.75) is 26.8 Å². The SMILES string of the molecule is CC.CC(NO)c1cc2ccccc2s1. The summed E-state index contributed by atoms with van der Waals surface area (Å²) in [6.45, 7) is 5.94. The zero-order valence-electron chi connectivity index (χ0n) is 9.32. The molecule has 0 saturated carbocycles. The van der Waals surface area contributed by atoms with Crippen LogP contribution in [-0.4, -0.2) is 5.21 Å². The van der Waals surface area contributed by atoms with Crippen LogP contribution in [0.5, 0.6) is 0 Å². The quantitative estimate of drug-likeness (QED) is 0.755. The molecule has 1 aromatic carbocycles. The highest BCUT2D eigenvalue weighted by atomic mass is 32.1. The standard InChI is InChI=1S/C10H11NOS.C2H6/c1-7(11-12)10-6-8-4-2-3-5-9(8)13-10;1-2/h2-7,11-12H,1H3;1-2H3. The first-order valence-corrected chi connectivity index (χ1v) is 6.01. The molecule has 15 heavy (non-hydrogen) atoms. The lowest BCUT2D eigenvalue weighted by molar-refractivity contribution is 0.135. The van der Waals surface area contributed by atoms with Crippen LogP contribution in [0.15, 0.2) is 30.3 Å². The monoisotopic (exact) mass is 223 g/mol. The molecule has 1 aromatic heterocycles. The lowest BCUT2D eigenvalue weighted by Crippen LogP contribution is -2.11. The van der Waals surface area contributed by atoms with Gasteiger partial charge in [-0.15, -0.1) is 11.3 Å². The summed E-state index contributed by atoms with van der Waals surface area (Å²) in [7, 11) is 0. The number of nitrogens with one attached hydrogen (secondary N) is 1. The van der Waals surface area contributed by atoms with Crippen molar-refractivity contribution in [1.82, 2.24) is 5.48 Å². The van der Waals surface area contributed by atoms with Crippen molar-refractivity contribution in [2.75, 3.05) is 0 Å². The maximum Gasteiger partial charge on any atom is 0.0634 e. The number of thiophene rings is 1. The van der Waals surface area contributed by atoms with Crippen molar-refractivity contribution in [1.29, 1.82) is 0 Å². The van der Waals surface area contributed by atoms with Crippen LogP contribution in [0.2, 0.25) is 0 Å². The summed E-state index contributed by atoms with van der Waals surface area (Å²) in [5.74, 6) is 0. The normalized spacial score (nSPS) is 12.0. The number of hydrogen-bond donors (Lipinski definition) is 2. The van der Waals surface area contributed by atoms with Crippen molar-refractivity contribution in [3.63, 3.8) is 0 Å². The Hall–Kier alpha value is -0.900. The second-order valence-electron chi connectivity index (χ2n) is 3.04. The smallest absolute Gasteiger partial charge is 0.0634 e. The molecule has 0 aliphatic carbocycles. The van der Waals surface area contributed by atoms with Gasteiger partial charge in [0.05, 0.1) is 6.04 Å². The van der Waals surface area contributed by atoms with Crippen LogP contribution in [0.3, 0.4) is 0 Å². The van der Waals surface area contributed by atoms with E-state index in [0.29, 0.717) is 0 Å². The zero-order valence-corrected chi connectivity index (χ0v) is 10.1. The fraction of sp³-hybridized carbons (Fsp3) is 0.333. The number of rotatable bonds is 2. The molecule has 1 unspecified atom stereocenters. The molecular weight excluding hydrogens is 206 g/mol. The Morgan fingerprint density at radius 1 is 1.27 bits per heavy atom. The van der Waals surface area contributed by atoms with Gasteiger partial charge >= 0.3 is 0 Å². The molecule has 0 aliphatic rings. The van der Waals surface area contributed by atoms with Gasteiger partial charge in [-0.3, -0.25) is 0 Å². The Bertz CT molecular complexity index is 378. The largest absolute Gasteiger partial charge is 0.316 e. The van der Waals surface area contributed by atoms with Gasteiger partial charge in [-0.25, -0.2) is 0 Å². The molecule has 1 heterocycles. The fourth-order valence-electron chi connectivity index (χ4n) is 1.28. The van der Waals surface area contributed by atoms with Crippen molar-refractivity contribution < 1.29 is 5.21 Å². The first-order chi connectivity index (χ1) is 7.31. The third-order valence-corrected chi connectivity index (χ3v) is 3.36. The van der Waals surface area contributed by atoms with E-state index in [1.165, 1.54) is 10.1 Å². The predicted molar refractivity (Wildman–Crippen MR) is 66.5 cm³/mol. The highest BCUT2D eigenvalue weighted by Crippen LogP contribution is 2.29. The number of benzene rings is 1. The lowest BCUT2D eigenvalue weighted by atomic mass is 10.2. The molecule has 2 N–H and O–H groups in total. The van der Waals surface area contributed by atoms with Crippen LogP contribution < -0.4 is 5.48 Å². The molecule has 0 radical (unpaired) electrons. The Kier molecular flexibility index (Phi) is 4.75. The molecule has 0 aliphatic heterocycles. The van der Waals surface area contributed by atoms with E-state index < -0.39 is 0 Å². The van der Waals surface area contributed by atoms with E-state index in [0.717, 1.165) is 4.88 Å². The van der Waals surface area contributed by atoms with E-state index in [2.05, 4.69) is 23.7 Å². The summed E-state index contributed by atoms with van der Waals surface area (Å²) in [5.41, 5.74) is 2.25. The van der Waals surface area contributed by atoms with Gasteiger partial charge in [0.25, 0.3) is 0 Å². The molecule has 82 valence electrons. The summed E-state index contributed by atoms with van der Waals surface area (Å²) < 4.78 is 1.26. The molecule has 2 nitrogen and oxygen atoms in total. The van der Waals surface area contributed by atoms with E-state index in [-0.39, 0.29) is 6.04 Å². The highest BCUT2D eigenvalue weighted by molar-refractivity contribution is 7.19. The molecule has 0 amide bonds. The van der Waals surface area contributed by atoms with E-state index in [1.807, 2.05) is 32.9 Å². The first-order valence-electron chi connectivity index (χ1n) is 5.19. The molecule has 1 atom stereocenters. The van der Waals surface area contributed by atoms with Gasteiger partial charge in [-0.2, -0.15) is 5.48 Å². The number of hydroxylamine groups is 1. The van der Waals surface area contributed by atoms with Crippen LogP contribution in [0.25, 0.3) is 10.1 Å². The lowest BCUT2D eigenvalue weighted by Gasteiger charge is -2.03. The summed E-state index contributed by atoms with van der Waals surface area (Å²) in [6.07, 6.45) is 0. The minimum atomic E-state index is 0.0115. The molecule has 3 heteroatoms. The van der Waals surface area contributed by atoms with Gasteiger partial charge in [0.2, 0.25) is 0 Å². The summed E-state index contributed by atoms with van der Waals surface area (Å²) in [5, 5.41) is 10.0. The fourth-order valence-corrected chi connectivity index (χ4v) is 2.34. The van der Waals surface area contributed by atoms with Gasteiger partial charge in [-0.1, -0.05) is 32.0 Å². The summed E-state index contributed by atoms with van der Waals surface area (Å²) in [6, 6.07) is 10.3. The summed E-state index contributed by atoms with van der Waals surface area (Å²) >= 11 is 1.71. The Morgan fingerprint density at radius 2 is 1.93 bits per heavy atom. The maximum absolute atomic E-state index is 8.77. The zero-order chi connectivity index (χ0) is 11.3. The second-order valence-corrected chi connectivity index (χ2v) is 4.15. The van der Waals surface area contributed by atoms with Gasteiger partial charge in [-0.05, 0) is 24.4 Å². The van der Waals surface area contributed by atoms with Crippen molar-refractivity contribution >= 4 is 21.4 Å². The van der Waals surface area contributed by atoms with Gasteiger partial charge < -0.3 is 5.21 Å². The molecular formula is C12H17NOS. The summed E-state index contributed by atoms with van der Waals surface area (Å²) in [4.78, 5) is 1.16. The minimum Gasteiger partial charge on any atom is -0.316 e. The van der Waals surface area contributed by atoms with Crippen LogP contribution in [0.4, 0.5) is 0 Å². The average molecular weight is 223 g/mol. The molecule has 0 fully saturated rings. The van der Waals surface area contributed by atoms with Crippen LogP contribution in [-0.2, 0) is 0 Å². The third kappa shape index (κ3) is 2.78. The Morgan fingerprint density at radius 3 is 2.53 bits per heavy atom. The van der Waals surface area contributed by atoms with Crippen molar-refractivity contribution in [3.05, 3.63) is 35.2 Å². The second kappa shape index (κ2) is 5.85. The molecule has 2 rings (SSSR count). The minimum absolute atomic E-state index is 0.0115.